The van der Waals surface area contributed by atoms with Crippen LogP contribution in [0.4, 0.5) is 0 Å². The fraction of sp³-hybridized carbons (Fsp3) is 0.190. The van der Waals surface area contributed by atoms with Crippen molar-refractivity contribution in [2.45, 2.75) is 12.2 Å². The number of hydrogen-bond donors (Lipinski definition) is 1. The minimum atomic E-state index is -3.13. The first kappa shape index (κ1) is 18.1. The monoisotopic (exact) mass is 367 g/mol. The summed E-state index contributed by atoms with van der Waals surface area (Å²) in [5, 5.41) is 5.29. The van der Waals surface area contributed by atoms with Gasteiger partial charge in [0.05, 0.1) is 5.75 Å². The summed E-state index contributed by atoms with van der Waals surface area (Å²) in [6.45, 7) is 0.517. The van der Waals surface area contributed by atoms with Gasteiger partial charge in [-0.15, -0.1) is 0 Å². The lowest BCUT2D eigenvalue weighted by atomic mass is 10.0. The van der Waals surface area contributed by atoms with Crippen LogP contribution in [0.3, 0.4) is 0 Å². The Kier molecular flexibility index (Phi) is 5.38. The summed E-state index contributed by atoms with van der Waals surface area (Å²) in [7, 11) is -3.13. The van der Waals surface area contributed by atoms with E-state index in [0.29, 0.717) is 17.7 Å². The topological polar surface area (TPSA) is 63.2 Å². The highest BCUT2D eigenvalue weighted by Gasteiger charge is 2.09. The Balaban J connectivity index is 1.65. The van der Waals surface area contributed by atoms with Crippen LogP contribution >= 0.6 is 0 Å². The fourth-order valence-electron chi connectivity index (χ4n) is 3.03. The number of carbonyl (C=O) groups excluding carboxylic acids is 1. The van der Waals surface area contributed by atoms with Crippen LogP contribution < -0.4 is 5.32 Å². The second kappa shape index (κ2) is 7.70. The molecule has 1 N–H and O–H groups in total. The third kappa shape index (κ3) is 4.70. The van der Waals surface area contributed by atoms with Crippen molar-refractivity contribution < 1.29 is 13.2 Å². The summed E-state index contributed by atoms with van der Waals surface area (Å²) >= 11 is 0. The standard InChI is InChI=1S/C21H21NO3S/c1-26(24,25)15-16-6-4-10-19(14-16)21(23)22-13-12-18-9-5-8-17-7-2-3-11-20(17)18/h2-11,14H,12-13,15H2,1H3,(H,22,23). The number of rotatable bonds is 6. The molecule has 0 unspecified atom stereocenters. The number of benzene rings is 3. The van der Waals surface area contributed by atoms with E-state index in [-0.39, 0.29) is 11.7 Å². The molecule has 4 nitrogen and oxygen atoms in total. The second-order valence-corrected chi connectivity index (χ2v) is 8.55. The molecule has 0 saturated carbocycles. The molecule has 0 aliphatic rings. The van der Waals surface area contributed by atoms with Crippen molar-refractivity contribution in [2.24, 2.45) is 0 Å². The molecule has 0 bridgehead atoms. The van der Waals surface area contributed by atoms with Gasteiger partial charge in [-0.3, -0.25) is 4.79 Å². The van der Waals surface area contributed by atoms with Crippen LogP contribution in [0.15, 0.2) is 66.7 Å². The number of carbonyl (C=O) groups is 1. The second-order valence-electron chi connectivity index (χ2n) is 6.41. The first-order valence-electron chi connectivity index (χ1n) is 8.44. The van der Waals surface area contributed by atoms with E-state index >= 15 is 0 Å². The van der Waals surface area contributed by atoms with E-state index in [9.17, 15) is 13.2 Å². The zero-order valence-electron chi connectivity index (χ0n) is 14.6. The number of hydrogen-bond acceptors (Lipinski definition) is 3. The zero-order valence-corrected chi connectivity index (χ0v) is 15.4. The Morgan fingerprint density at radius 2 is 1.69 bits per heavy atom. The normalized spacial score (nSPS) is 11.4. The molecule has 3 aromatic carbocycles. The average molecular weight is 367 g/mol. The first-order valence-corrected chi connectivity index (χ1v) is 10.5. The lowest BCUT2D eigenvalue weighted by molar-refractivity contribution is 0.0954. The molecule has 3 aromatic rings. The molecule has 0 heterocycles. The summed E-state index contributed by atoms with van der Waals surface area (Å²) in [6.07, 6.45) is 1.92. The lowest BCUT2D eigenvalue weighted by Gasteiger charge is -2.09. The van der Waals surface area contributed by atoms with E-state index in [2.05, 4.69) is 29.6 Å². The molecule has 1 amide bonds. The van der Waals surface area contributed by atoms with Gasteiger partial charge in [-0.25, -0.2) is 8.42 Å². The van der Waals surface area contributed by atoms with E-state index < -0.39 is 9.84 Å². The van der Waals surface area contributed by atoms with Crippen LogP contribution in [0.1, 0.15) is 21.5 Å². The van der Waals surface area contributed by atoms with Crippen molar-refractivity contribution in [3.63, 3.8) is 0 Å². The van der Waals surface area contributed by atoms with E-state index in [1.165, 1.54) is 22.6 Å². The number of nitrogens with one attached hydrogen (secondary N) is 1. The maximum Gasteiger partial charge on any atom is 0.251 e. The van der Waals surface area contributed by atoms with Gasteiger partial charge < -0.3 is 5.32 Å². The maximum atomic E-state index is 12.4. The van der Waals surface area contributed by atoms with E-state index in [0.717, 1.165) is 6.42 Å². The largest absolute Gasteiger partial charge is 0.352 e. The van der Waals surface area contributed by atoms with Crippen LogP contribution in [-0.2, 0) is 22.0 Å². The van der Waals surface area contributed by atoms with Crippen molar-refractivity contribution >= 4 is 26.5 Å². The molecule has 5 heteroatoms. The lowest BCUT2D eigenvalue weighted by Crippen LogP contribution is -2.25. The molecule has 0 saturated heterocycles. The van der Waals surface area contributed by atoms with Gasteiger partial charge in [0.1, 0.15) is 0 Å². The molecule has 0 spiro atoms. The highest BCUT2D eigenvalue weighted by molar-refractivity contribution is 7.89. The molecule has 0 aliphatic heterocycles. The Morgan fingerprint density at radius 3 is 2.50 bits per heavy atom. The molecule has 134 valence electrons. The fourth-order valence-corrected chi connectivity index (χ4v) is 3.81. The van der Waals surface area contributed by atoms with Crippen molar-refractivity contribution in [2.75, 3.05) is 12.8 Å². The minimum Gasteiger partial charge on any atom is -0.352 e. The van der Waals surface area contributed by atoms with Gasteiger partial charge in [-0.1, -0.05) is 54.6 Å². The summed E-state index contributed by atoms with van der Waals surface area (Å²) in [5.41, 5.74) is 2.28. The number of fused-ring (bicyclic) bond motifs is 1. The molecule has 0 aromatic heterocycles. The van der Waals surface area contributed by atoms with Crippen LogP contribution in [-0.4, -0.2) is 27.1 Å². The van der Waals surface area contributed by atoms with Crippen molar-refractivity contribution in [1.29, 1.82) is 0 Å². The van der Waals surface area contributed by atoms with E-state index in [1.807, 2.05) is 18.2 Å². The molecule has 26 heavy (non-hydrogen) atoms. The van der Waals surface area contributed by atoms with Crippen LogP contribution in [0.5, 0.6) is 0 Å². The smallest absolute Gasteiger partial charge is 0.251 e. The van der Waals surface area contributed by atoms with Gasteiger partial charge in [0, 0.05) is 18.4 Å². The highest BCUT2D eigenvalue weighted by atomic mass is 32.2. The molecule has 0 fully saturated rings. The van der Waals surface area contributed by atoms with Crippen molar-refractivity contribution in [1.82, 2.24) is 5.32 Å². The number of sulfone groups is 1. The quantitative estimate of drug-likeness (QED) is 0.727. The Morgan fingerprint density at radius 1 is 0.962 bits per heavy atom. The van der Waals surface area contributed by atoms with Crippen molar-refractivity contribution in [3.05, 3.63) is 83.4 Å². The van der Waals surface area contributed by atoms with E-state index in [4.69, 9.17) is 0 Å². The third-order valence-electron chi connectivity index (χ3n) is 4.18. The SMILES string of the molecule is CS(=O)(=O)Cc1cccc(C(=O)NCCc2cccc3ccccc23)c1. The van der Waals surface area contributed by atoms with Gasteiger partial charge in [-0.05, 0) is 40.5 Å². The Labute approximate surface area is 153 Å². The molecule has 0 atom stereocenters. The van der Waals surface area contributed by atoms with E-state index in [1.54, 1.807) is 24.3 Å². The van der Waals surface area contributed by atoms with Crippen LogP contribution in [0, 0.1) is 0 Å². The highest BCUT2D eigenvalue weighted by Crippen LogP contribution is 2.18. The summed E-state index contributed by atoms with van der Waals surface area (Å²) in [4.78, 5) is 12.4. The Bertz CT molecular complexity index is 1040. The third-order valence-corrected chi connectivity index (χ3v) is 5.04. The Hall–Kier alpha value is -2.66. The minimum absolute atomic E-state index is 0.0654. The predicted molar refractivity (Wildman–Crippen MR) is 105 cm³/mol. The zero-order chi connectivity index (χ0) is 18.6. The van der Waals surface area contributed by atoms with Gasteiger partial charge >= 0.3 is 0 Å². The predicted octanol–water partition coefficient (Wildman–Crippen LogP) is 3.36. The van der Waals surface area contributed by atoms with Gasteiger partial charge in [0.25, 0.3) is 5.91 Å². The van der Waals surface area contributed by atoms with Gasteiger partial charge in [0.2, 0.25) is 0 Å². The van der Waals surface area contributed by atoms with Crippen LogP contribution in [0.2, 0.25) is 0 Å². The van der Waals surface area contributed by atoms with Crippen molar-refractivity contribution in [3.8, 4) is 0 Å². The summed E-state index contributed by atoms with van der Waals surface area (Å²) in [6, 6.07) is 21.1. The molecular weight excluding hydrogens is 346 g/mol. The summed E-state index contributed by atoms with van der Waals surface area (Å²) in [5.74, 6) is -0.259. The number of amides is 1. The molecule has 0 radical (unpaired) electrons. The van der Waals surface area contributed by atoms with Gasteiger partial charge in [-0.2, -0.15) is 0 Å². The summed E-state index contributed by atoms with van der Waals surface area (Å²) < 4.78 is 22.8. The molecule has 0 aliphatic carbocycles. The van der Waals surface area contributed by atoms with Gasteiger partial charge in [0.15, 0.2) is 9.84 Å². The molecule has 3 rings (SSSR count). The average Bonchev–Trinajstić information content (AvgIpc) is 2.60. The first-order chi connectivity index (χ1) is 12.4. The van der Waals surface area contributed by atoms with Crippen LogP contribution in [0.25, 0.3) is 10.8 Å². The maximum absolute atomic E-state index is 12.4. The molecular formula is C21H21NO3S.